The van der Waals surface area contributed by atoms with Crippen LogP contribution in [0, 0.1) is 5.92 Å². The minimum Gasteiger partial charge on any atom is -0.367 e. The SMILES string of the molecule is CC1(C)OCC(Cc2ccccc2-c2ccccc2)C1=O. The molecular weight excluding hydrogens is 260 g/mol. The van der Waals surface area contributed by atoms with Crippen molar-refractivity contribution >= 4 is 5.78 Å². The first-order valence-electron chi connectivity index (χ1n) is 7.39. The van der Waals surface area contributed by atoms with Crippen LogP contribution in [0.2, 0.25) is 0 Å². The molecule has 2 aromatic rings. The Balaban J connectivity index is 1.89. The van der Waals surface area contributed by atoms with Gasteiger partial charge in [0.15, 0.2) is 5.78 Å². The fourth-order valence-electron chi connectivity index (χ4n) is 2.96. The van der Waals surface area contributed by atoms with Crippen molar-refractivity contribution in [3.63, 3.8) is 0 Å². The van der Waals surface area contributed by atoms with Crippen LogP contribution in [0.4, 0.5) is 0 Å². The maximum absolute atomic E-state index is 12.4. The van der Waals surface area contributed by atoms with Crippen molar-refractivity contribution in [1.82, 2.24) is 0 Å². The standard InChI is InChI=1S/C19H20O2/c1-19(2)18(20)16(13-21-19)12-15-10-6-7-11-17(15)14-8-4-3-5-9-14/h3-11,16H,12-13H2,1-2H3. The molecule has 0 radical (unpaired) electrons. The van der Waals surface area contributed by atoms with Gasteiger partial charge >= 0.3 is 0 Å². The average molecular weight is 280 g/mol. The Bertz CT molecular complexity index is 644. The molecule has 21 heavy (non-hydrogen) atoms. The third-order valence-electron chi connectivity index (χ3n) is 4.18. The minimum atomic E-state index is -0.633. The quantitative estimate of drug-likeness (QED) is 0.852. The highest BCUT2D eigenvalue weighted by molar-refractivity contribution is 5.90. The molecule has 2 nitrogen and oxygen atoms in total. The van der Waals surface area contributed by atoms with Gasteiger partial charge in [-0.15, -0.1) is 0 Å². The van der Waals surface area contributed by atoms with E-state index in [1.807, 2.05) is 44.2 Å². The Morgan fingerprint density at radius 3 is 2.38 bits per heavy atom. The molecule has 1 unspecified atom stereocenters. The fraction of sp³-hybridized carbons (Fsp3) is 0.316. The van der Waals surface area contributed by atoms with Gasteiger partial charge in [-0.25, -0.2) is 0 Å². The van der Waals surface area contributed by atoms with Crippen LogP contribution in [0.15, 0.2) is 54.6 Å². The second-order valence-corrected chi connectivity index (χ2v) is 6.11. The number of carbonyl (C=O) groups is 1. The smallest absolute Gasteiger partial charge is 0.169 e. The van der Waals surface area contributed by atoms with Crippen LogP contribution in [-0.4, -0.2) is 18.0 Å². The highest BCUT2D eigenvalue weighted by Gasteiger charge is 2.41. The Morgan fingerprint density at radius 2 is 1.71 bits per heavy atom. The zero-order chi connectivity index (χ0) is 14.9. The lowest BCUT2D eigenvalue weighted by Gasteiger charge is -2.15. The van der Waals surface area contributed by atoms with Crippen LogP contribution in [-0.2, 0) is 16.0 Å². The summed E-state index contributed by atoms with van der Waals surface area (Å²) >= 11 is 0. The largest absolute Gasteiger partial charge is 0.367 e. The van der Waals surface area contributed by atoms with Gasteiger partial charge < -0.3 is 4.74 Å². The molecule has 0 aliphatic carbocycles. The number of benzene rings is 2. The molecule has 0 amide bonds. The minimum absolute atomic E-state index is 0.0372. The second-order valence-electron chi connectivity index (χ2n) is 6.11. The lowest BCUT2D eigenvalue weighted by Crippen LogP contribution is -2.30. The lowest BCUT2D eigenvalue weighted by molar-refractivity contribution is -0.130. The van der Waals surface area contributed by atoms with Gasteiger partial charge in [0.25, 0.3) is 0 Å². The van der Waals surface area contributed by atoms with Gasteiger partial charge in [-0.2, -0.15) is 0 Å². The van der Waals surface area contributed by atoms with E-state index in [9.17, 15) is 4.79 Å². The molecule has 1 aliphatic rings. The van der Waals surface area contributed by atoms with Crippen LogP contribution in [0.3, 0.4) is 0 Å². The van der Waals surface area contributed by atoms with E-state index in [-0.39, 0.29) is 11.7 Å². The summed E-state index contributed by atoms with van der Waals surface area (Å²) in [6, 6.07) is 18.6. The topological polar surface area (TPSA) is 26.3 Å². The molecule has 1 heterocycles. The summed E-state index contributed by atoms with van der Waals surface area (Å²) in [6.07, 6.45) is 0.743. The summed E-state index contributed by atoms with van der Waals surface area (Å²) in [4.78, 5) is 12.4. The molecule has 1 saturated heterocycles. The highest BCUT2D eigenvalue weighted by Crippen LogP contribution is 2.31. The third-order valence-corrected chi connectivity index (χ3v) is 4.18. The van der Waals surface area contributed by atoms with E-state index in [0.29, 0.717) is 6.61 Å². The summed E-state index contributed by atoms with van der Waals surface area (Å²) in [6.45, 7) is 4.24. The molecule has 1 fully saturated rings. The molecule has 0 spiro atoms. The van der Waals surface area contributed by atoms with E-state index in [0.717, 1.165) is 6.42 Å². The van der Waals surface area contributed by atoms with Crippen molar-refractivity contribution in [2.75, 3.05) is 6.61 Å². The predicted molar refractivity (Wildman–Crippen MR) is 84.1 cm³/mol. The van der Waals surface area contributed by atoms with Gasteiger partial charge in [-0.3, -0.25) is 4.79 Å². The number of ether oxygens (including phenoxy) is 1. The maximum atomic E-state index is 12.4. The van der Waals surface area contributed by atoms with Gasteiger partial charge in [0.1, 0.15) is 5.60 Å². The van der Waals surface area contributed by atoms with Crippen molar-refractivity contribution in [2.45, 2.75) is 25.9 Å². The maximum Gasteiger partial charge on any atom is 0.169 e. The van der Waals surface area contributed by atoms with Crippen LogP contribution in [0.25, 0.3) is 11.1 Å². The summed E-state index contributed by atoms with van der Waals surface area (Å²) in [5.41, 5.74) is 2.98. The fourth-order valence-corrected chi connectivity index (χ4v) is 2.96. The number of ketones is 1. The number of hydrogen-bond donors (Lipinski definition) is 0. The third kappa shape index (κ3) is 2.77. The monoisotopic (exact) mass is 280 g/mol. The van der Waals surface area contributed by atoms with Gasteiger partial charge in [-0.1, -0.05) is 54.6 Å². The van der Waals surface area contributed by atoms with Crippen molar-refractivity contribution in [1.29, 1.82) is 0 Å². The van der Waals surface area contributed by atoms with Crippen molar-refractivity contribution in [2.24, 2.45) is 5.92 Å². The highest BCUT2D eigenvalue weighted by atomic mass is 16.5. The molecular formula is C19H20O2. The van der Waals surface area contributed by atoms with Gasteiger partial charge in [0.05, 0.1) is 6.61 Å². The Kier molecular flexibility index (Phi) is 3.64. The zero-order valence-corrected chi connectivity index (χ0v) is 12.5. The van der Waals surface area contributed by atoms with Gasteiger partial charge in [0.2, 0.25) is 0 Å². The van der Waals surface area contributed by atoms with Crippen molar-refractivity contribution in [3.8, 4) is 11.1 Å². The summed E-state index contributed by atoms with van der Waals surface area (Å²) < 4.78 is 5.63. The Morgan fingerprint density at radius 1 is 1.05 bits per heavy atom. The first-order chi connectivity index (χ1) is 10.1. The summed E-state index contributed by atoms with van der Waals surface area (Å²) in [5.74, 6) is 0.176. The first-order valence-corrected chi connectivity index (χ1v) is 7.39. The molecule has 1 aliphatic heterocycles. The van der Waals surface area contributed by atoms with E-state index < -0.39 is 5.60 Å². The van der Waals surface area contributed by atoms with Crippen molar-refractivity contribution in [3.05, 3.63) is 60.2 Å². The summed E-state index contributed by atoms with van der Waals surface area (Å²) in [7, 11) is 0. The second kappa shape index (κ2) is 5.45. The van der Waals surface area contributed by atoms with E-state index in [4.69, 9.17) is 4.74 Å². The van der Waals surface area contributed by atoms with Crippen LogP contribution in [0.1, 0.15) is 19.4 Å². The van der Waals surface area contributed by atoms with Gasteiger partial charge in [-0.05, 0) is 37.0 Å². The molecule has 2 heteroatoms. The predicted octanol–water partition coefficient (Wildman–Crippen LogP) is 3.89. The number of carbonyl (C=O) groups excluding carboxylic acids is 1. The zero-order valence-electron chi connectivity index (χ0n) is 12.5. The molecule has 0 bridgehead atoms. The molecule has 0 saturated carbocycles. The van der Waals surface area contributed by atoms with E-state index in [1.54, 1.807) is 0 Å². The van der Waals surface area contributed by atoms with Crippen molar-refractivity contribution < 1.29 is 9.53 Å². The average Bonchev–Trinajstić information content (AvgIpc) is 2.76. The van der Waals surface area contributed by atoms with Crippen LogP contribution in [0.5, 0.6) is 0 Å². The van der Waals surface area contributed by atoms with E-state index in [2.05, 4.69) is 24.3 Å². The van der Waals surface area contributed by atoms with Crippen LogP contribution < -0.4 is 0 Å². The number of rotatable bonds is 3. The number of hydrogen-bond acceptors (Lipinski definition) is 2. The molecule has 1 atom stereocenters. The molecule has 3 rings (SSSR count). The first kappa shape index (κ1) is 14.0. The lowest BCUT2D eigenvalue weighted by atomic mass is 9.88. The van der Waals surface area contributed by atoms with Crippen LogP contribution >= 0.6 is 0 Å². The Labute approximate surface area is 125 Å². The number of Topliss-reactive ketones (excluding diaryl/α,β-unsaturated/α-hetero) is 1. The molecule has 0 aromatic heterocycles. The molecule has 2 aromatic carbocycles. The normalized spacial score (nSPS) is 20.7. The molecule has 0 N–H and O–H groups in total. The van der Waals surface area contributed by atoms with E-state index >= 15 is 0 Å². The molecule has 108 valence electrons. The van der Waals surface area contributed by atoms with E-state index in [1.165, 1.54) is 16.7 Å². The summed E-state index contributed by atoms with van der Waals surface area (Å²) in [5, 5.41) is 0. The van der Waals surface area contributed by atoms with Gasteiger partial charge in [0, 0.05) is 5.92 Å². The Hall–Kier alpha value is -1.93.